The fourth-order valence-corrected chi connectivity index (χ4v) is 3.14. The van der Waals surface area contributed by atoms with Crippen LogP contribution in [0, 0.1) is 0 Å². The second kappa shape index (κ2) is 7.47. The van der Waals surface area contributed by atoms with Crippen molar-refractivity contribution in [3.63, 3.8) is 0 Å². The van der Waals surface area contributed by atoms with Crippen LogP contribution in [0.3, 0.4) is 0 Å². The molecule has 134 valence electrons. The normalized spacial score (nSPS) is 25.0. The van der Waals surface area contributed by atoms with E-state index in [1.54, 1.807) is 6.08 Å². The van der Waals surface area contributed by atoms with Gasteiger partial charge in [0.1, 0.15) is 6.10 Å². The van der Waals surface area contributed by atoms with Gasteiger partial charge < -0.3 is 18.6 Å². The zero-order valence-electron chi connectivity index (χ0n) is 15.8. The molecule has 0 radical (unpaired) electrons. The van der Waals surface area contributed by atoms with Gasteiger partial charge in [-0.1, -0.05) is 26.8 Å². The van der Waals surface area contributed by atoms with E-state index in [0.29, 0.717) is 13.0 Å². The van der Waals surface area contributed by atoms with Crippen molar-refractivity contribution in [1.29, 1.82) is 0 Å². The molecular weight excluding hydrogens is 312 g/mol. The number of carbonyl (C=O) groups excluding carboxylic acids is 1. The molecule has 1 rings (SSSR count). The van der Waals surface area contributed by atoms with Crippen molar-refractivity contribution < 1.29 is 23.4 Å². The van der Waals surface area contributed by atoms with Gasteiger partial charge in [0, 0.05) is 6.08 Å². The van der Waals surface area contributed by atoms with E-state index in [-0.39, 0.29) is 23.2 Å². The van der Waals surface area contributed by atoms with Crippen molar-refractivity contribution in [3.05, 3.63) is 12.2 Å². The van der Waals surface area contributed by atoms with Gasteiger partial charge in [0.2, 0.25) is 0 Å². The molecule has 2 atom stereocenters. The first kappa shape index (κ1) is 20.4. The van der Waals surface area contributed by atoms with Gasteiger partial charge >= 0.3 is 5.97 Å². The summed E-state index contributed by atoms with van der Waals surface area (Å²) < 4.78 is 22.8. The summed E-state index contributed by atoms with van der Waals surface area (Å²) in [5, 5.41) is 0.155. The van der Waals surface area contributed by atoms with Crippen LogP contribution in [0.5, 0.6) is 0 Å². The molecule has 1 heterocycles. The van der Waals surface area contributed by atoms with Crippen molar-refractivity contribution in [2.45, 2.75) is 77.2 Å². The van der Waals surface area contributed by atoms with Crippen molar-refractivity contribution in [2.75, 3.05) is 13.7 Å². The van der Waals surface area contributed by atoms with Gasteiger partial charge in [0.05, 0.1) is 19.8 Å². The molecule has 5 nitrogen and oxygen atoms in total. The molecule has 0 amide bonds. The fraction of sp³-hybridized carbons (Fsp3) is 0.824. The molecule has 0 aromatic rings. The highest BCUT2D eigenvalue weighted by atomic mass is 28.4. The number of ether oxygens (including phenoxy) is 3. The lowest BCUT2D eigenvalue weighted by atomic mass is 10.1. The molecule has 0 saturated carbocycles. The highest BCUT2D eigenvalue weighted by molar-refractivity contribution is 6.74. The zero-order chi connectivity index (χ0) is 17.9. The molecule has 0 spiro atoms. The summed E-state index contributed by atoms with van der Waals surface area (Å²) in [4.78, 5) is 11.2. The number of methoxy groups -OCH3 is 1. The highest BCUT2D eigenvalue weighted by Gasteiger charge is 2.43. The second-order valence-electron chi connectivity index (χ2n) is 7.94. The Morgan fingerprint density at radius 2 is 1.78 bits per heavy atom. The van der Waals surface area contributed by atoms with Gasteiger partial charge in [0.25, 0.3) is 0 Å². The molecule has 0 aromatic heterocycles. The van der Waals surface area contributed by atoms with E-state index in [9.17, 15) is 4.79 Å². The van der Waals surface area contributed by atoms with Gasteiger partial charge in [-0.2, -0.15) is 0 Å². The Hall–Kier alpha value is -0.693. The lowest BCUT2D eigenvalue weighted by Crippen LogP contribution is -2.44. The Balaban J connectivity index is 2.67. The third-order valence-electron chi connectivity index (χ3n) is 4.52. The van der Waals surface area contributed by atoms with Gasteiger partial charge in [-0.3, -0.25) is 0 Å². The molecule has 0 bridgehead atoms. The molecule has 0 N–H and O–H groups in total. The average Bonchev–Trinajstić information content (AvgIpc) is 2.69. The first-order chi connectivity index (χ1) is 10.4. The predicted molar refractivity (Wildman–Crippen MR) is 92.7 cm³/mol. The monoisotopic (exact) mass is 344 g/mol. The molecule has 6 heteroatoms. The molecule has 1 aliphatic heterocycles. The Bertz CT molecular complexity index is 437. The first-order valence-corrected chi connectivity index (χ1v) is 11.0. The summed E-state index contributed by atoms with van der Waals surface area (Å²) in [5.41, 5.74) is 0. The molecule has 1 aliphatic rings. The maximum absolute atomic E-state index is 11.2. The minimum Gasteiger partial charge on any atom is -0.466 e. The highest BCUT2D eigenvalue weighted by Crippen LogP contribution is 2.38. The summed E-state index contributed by atoms with van der Waals surface area (Å²) in [6, 6.07) is 0. The van der Waals surface area contributed by atoms with Crippen LogP contribution >= 0.6 is 0 Å². The number of esters is 1. The third kappa shape index (κ3) is 6.03. The number of hydrogen-bond donors (Lipinski definition) is 0. The molecule has 0 aromatic carbocycles. The summed E-state index contributed by atoms with van der Waals surface area (Å²) in [7, 11) is -0.469. The average molecular weight is 345 g/mol. The standard InChI is InChI=1S/C17H32O5Si/c1-16(2,3)23(7,8)20-12-14-13(21-17(4,5)22-14)10-9-11-15(18)19-6/h9,11,13-14H,10,12H2,1-8H3/b11-9+/t13-,14+/m0/s1. The van der Waals surface area contributed by atoms with Crippen LogP contribution in [0.1, 0.15) is 41.0 Å². The Morgan fingerprint density at radius 3 is 2.30 bits per heavy atom. The van der Waals surface area contributed by atoms with E-state index in [4.69, 9.17) is 13.9 Å². The summed E-state index contributed by atoms with van der Waals surface area (Å²) in [6.45, 7) is 15.4. The van der Waals surface area contributed by atoms with Crippen molar-refractivity contribution >= 4 is 14.3 Å². The minimum atomic E-state index is -1.83. The number of rotatable bonds is 6. The maximum atomic E-state index is 11.2. The largest absolute Gasteiger partial charge is 0.466 e. The van der Waals surface area contributed by atoms with E-state index in [1.165, 1.54) is 13.2 Å². The quantitative estimate of drug-likeness (QED) is 0.418. The zero-order valence-corrected chi connectivity index (χ0v) is 16.8. The topological polar surface area (TPSA) is 54.0 Å². The van der Waals surface area contributed by atoms with Crippen LogP contribution in [0.25, 0.3) is 0 Å². The van der Waals surface area contributed by atoms with Gasteiger partial charge in [-0.15, -0.1) is 0 Å². The predicted octanol–water partition coefficient (Wildman–Crippen LogP) is 3.65. The number of carbonyl (C=O) groups is 1. The fourth-order valence-electron chi connectivity index (χ4n) is 2.12. The maximum Gasteiger partial charge on any atom is 0.330 e. The van der Waals surface area contributed by atoms with Crippen LogP contribution in [0.4, 0.5) is 0 Å². The van der Waals surface area contributed by atoms with Crippen LogP contribution in [0.15, 0.2) is 12.2 Å². The van der Waals surface area contributed by atoms with E-state index >= 15 is 0 Å². The molecule has 0 aliphatic carbocycles. The number of hydrogen-bond acceptors (Lipinski definition) is 5. The first-order valence-electron chi connectivity index (χ1n) is 8.12. The van der Waals surface area contributed by atoms with Crippen LogP contribution in [-0.4, -0.2) is 46.0 Å². The summed E-state index contributed by atoms with van der Waals surface area (Å²) in [5.74, 6) is -0.997. The molecule has 1 saturated heterocycles. The van der Waals surface area contributed by atoms with Crippen LogP contribution < -0.4 is 0 Å². The molecule has 0 unspecified atom stereocenters. The van der Waals surface area contributed by atoms with Crippen molar-refractivity contribution in [3.8, 4) is 0 Å². The lowest BCUT2D eigenvalue weighted by Gasteiger charge is -2.37. The van der Waals surface area contributed by atoms with Crippen LogP contribution in [-0.2, 0) is 23.4 Å². The third-order valence-corrected chi connectivity index (χ3v) is 9.02. The SMILES string of the molecule is COC(=O)/C=C/C[C@@H]1OC(C)(C)O[C@@H]1CO[Si](C)(C)C(C)(C)C. The van der Waals surface area contributed by atoms with Crippen molar-refractivity contribution in [1.82, 2.24) is 0 Å². The van der Waals surface area contributed by atoms with Gasteiger partial charge in [0.15, 0.2) is 14.1 Å². The Kier molecular flexibility index (Phi) is 6.61. The van der Waals surface area contributed by atoms with Gasteiger partial charge in [-0.25, -0.2) is 4.79 Å². The molecule has 1 fully saturated rings. The molecule has 23 heavy (non-hydrogen) atoms. The van der Waals surface area contributed by atoms with E-state index < -0.39 is 14.1 Å². The van der Waals surface area contributed by atoms with E-state index in [2.05, 4.69) is 38.6 Å². The Morgan fingerprint density at radius 1 is 1.22 bits per heavy atom. The Labute approximate surface area is 141 Å². The van der Waals surface area contributed by atoms with Crippen molar-refractivity contribution in [2.24, 2.45) is 0 Å². The summed E-state index contributed by atoms with van der Waals surface area (Å²) >= 11 is 0. The smallest absolute Gasteiger partial charge is 0.330 e. The van der Waals surface area contributed by atoms with Crippen LogP contribution in [0.2, 0.25) is 18.1 Å². The molecular formula is C17H32O5Si. The second-order valence-corrected chi connectivity index (χ2v) is 12.8. The van der Waals surface area contributed by atoms with Gasteiger partial charge in [-0.05, 0) is 38.4 Å². The summed E-state index contributed by atoms with van der Waals surface area (Å²) in [6.07, 6.45) is 3.50. The van der Waals surface area contributed by atoms with E-state index in [0.717, 1.165) is 0 Å². The minimum absolute atomic E-state index is 0.129. The lowest BCUT2D eigenvalue weighted by molar-refractivity contribution is -0.148. The van der Waals surface area contributed by atoms with E-state index in [1.807, 2.05) is 13.8 Å².